The van der Waals surface area contributed by atoms with Crippen molar-refractivity contribution < 1.29 is 0 Å². The van der Waals surface area contributed by atoms with Crippen molar-refractivity contribution in [1.82, 2.24) is 9.97 Å². The van der Waals surface area contributed by atoms with E-state index < -0.39 is 0 Å². The Labute approximate surface area is 220 Å². The number of fused-ring (bicyclic) bond motifs is 6. The van der Waals surface area contributed by atoms with Crippen LogP contribution < -0.4 is 0 Å². The first-order valence-electron chi connectivity index (χ1n) is 13.0. The molecular weight excluding hydrogens is 460 g/mol. The first-order valence-corrected chi connectivity index (χ1v) is 13.0. The van der Waals surface area contributed by atoms with E-state index in [0.717, 1.165) is 22.1 Å². The lowest BCUT2D eigenvalue weighted by atomic mass is 9.96. The van der Waals surface area contributed by atoms with E-state index in [1.54, 1.807) is 0 Å². The largest absolute Gasteiger partial charge is 0.355 e. The zero-order valence-corrected chi connectivity index (χ0v) is 20.7. The lowest BCUT2D eigenvalue weighted by molar-refractivity contribution is 1.54. The molecule has 0 saturated carbocycles. The third-order valence-electron chi connectivity index (χ3n) is 7.75. The normalized spacial score (nSPS) is 11.7. The van der Waals surface area contributed by atoms with Gasteiger partial charge in [-0.05, 0) is 75.8 Å². The van der Waals surface area contributed by atoms with Gasteiger partial charge in [0.25, 0.3) is 0 Å². The molecule has 2 N–H and O–H groups in total. The topological polar surface area (TPSA) is 31.6 Å². The van der Waals surface area contributed by atoms with Crippen molar-refractivity contribution in [1.29, 1.82) is 0 Å². The first kappa shape index (κ1) is 21.0. The molecule has 0 fully saturated rings. The maximum absolute atomic E-state index is 3.65. The Morgan fingerprint density at radius 2 is 0.816 bits per heavy atom. The van der Waals surface area contributed by atoms with Gasteiger partial charge in [0.05, 0.1) is 0 Å². The molecule has 0 aliphatic rings. The molecule has 6 aromatic carbocycles. The van der Waals surface area contributed by atoms with Crippen LogP contribution in [0, 0.1) is 0 Å². The summed E-state index contributed by atoms with van der Waals surface area (Å²) in [7, 11) is 0. The second-order valence-electron chi connectivity index (χ2n) is 9.99. The number of rotatable bonds is 3. The number of benzene rings is 6. The highest BCUT2D eigenvalue weighted by molar-refractivity contribution is 6.16. The second kappa shape index (κ2) is 8.22. The van der Waals surface area contributed by atoms with E-state index in [2.05, 4.69) is 143 Å². The molecule has 0 spiro atoms. The predicted molar refractivity (Wildman–Crippen MR) is 161 cm³/mol. The summed E-state index contributed by atoms with van der Waals surface area (Å²) in [5, 5.41) is 5.02. The molecule has 2 heterocycles. The summed E-state index contributed by atoms with van der Waals surface area (Å²) in [6, 6.07) is 48.0. The number of H-pyrrole nitrogens is 2. The van der Waals surface area contributed by atoms with Crippen molar-refractivity contribution in [2.75, 3.05) is 0 Å². The summed E-state index contributed by atoms with van der Waals surface area (Å²) < 4.78 is 0. The van der Waals surface area contributed by atoms with E-state index in [0.29, 0.717) is 0 Å². The van der Waals surface area contributed by atoms with Gasteiger partial charge in [-0.25, -0.2) is 0 Å². The van der Waals surface area contributed by atoms with Crippen LogP contribution in [0.5, 0.6) is 0 Å². The summed E-state index contributed by atoms with van der Waals surface area (Å²) in [6.07, 6.45) is 0. The molecule has 8 rings (SSSR count). The van der Waals surface area contributed by atoms with Gasteiger partial charge < -0.3 is 9.97 Å². The van der Waals surface area contributed by atoms with E-state index in [1.807, 2.05) is 0 Å². The smallest absolute Gasteiger partial charge is 0.0471 e. The average molecular weight is 485 g/mol. The Bertz CT molecular complexity index is 2110. The molecule has 0 atom stereocenters. The number of aromatic nitrogens is 2. The molecule has 0 aliphatic heterocycles. The van der Waals surface area contributed by atoms with Crippen LogP contribution >= 0.6 is 0 Å². The van der Waals surface area contributed by atoms with Crippen LogP contribution in [0.15, 0.2) is 133 Å². The van der Waals surface area contributed by atoms with Gasteiger partial charge in [0, 0.05) is 43.6 Å². The van der Waals surface area contributed by atoms with Crippen molar-refractivity contribution in [2.24, 2.45) is 0 Å². The molecule has 8 aromatic rings. The van der Waals surface area contributed by atoms with Crippen molar-refractivity contribution in [2.45, 2.75) is 0 Å². The molecule has 0 unspecified atom stereocenters. The minimum absolute atomic E-state index is 1.16. The lowest BCUT2D eigenvalue weighted by Gasteiger charge is -2.07. The average Bonchev–Trinajstić information content (AvgIpc) is 3.55. The fraction of sp³-hybridized carbons (Fsp3) is 0. The van der Waals surface area contributed by atoms with E-state index in [4.69, 9.17) is 0 Å². The van der Waals surface area contributed by atoms with Gasteiger partial charge in [-0.15, -0.1) is 0 Å². The van der Waals surface area contributed by atoms with Crippen LogP contribution in [0.4, 0.5) is 0 Å². The predicted octanol–water partition coefficient (Wildman–Crippen LogP) is 9.96. The van der Waals surface area contributed by atoms with Crippen molar-refractivity contribution in [3.8, 4) is 33.4 Å². The minimum Gasteiger partial charge on any atom is -0.355 e. The van der Waals surface area contributed by atoms with E-state index in [1.165, 1.54) is 54.9 Å². The van der Waals surface area contributed by atoms with Crippen molar-refractivity contribution in [3.63, 3.8) is 0 Å². The number of aromatic amines is 2. The Morgan fingerprint density at radius 3 is 1.45 bits per heavy atom. The third kappa shape index (κ3) is 3.28. The maximum atomic E-state index is 3.65. The monoisotopic (exact) mass is 484 g/mol. The van der Waals surface area contributed by atoms with Gasteiger partial charge in [-0.1, -0.05) is 91.0 Å². The van der Waals surface area contributed by atoms with Gasteiger partial charge >= 0.3 is 0 Å². The molecule has 2 heteroatoms. The Hall–Kier alpha value is -5.08. The van der Waals surface area contributed by atoms with E-state index in [-0.39, 0.29) is 0 Å². The lowest BCUT2D eigenvalue weighted by Crippen LogP contribution is -1.81. The number of hydrogen-bond acceptors (Lipinski definition) is 0. The number of nitrogens with one attached hydrogen (secondary N) is 2. The standard InChI is InChI=1S/C36H24N2/c1-3-8-23(9-4-1)25-14-17-32-29(20-25)30-22-27(16-19-33(30)37-32)28-12-7-13-35-36(28)31-21-26(15-18-34(31)38-35)24-10-5-2-6-11-24/h1-22,37-38H. The molecule has 2 nitrogen and oxygen atoms in total. The van der Waals surface area contributed by atoms with Crippen LogP contribution in [0.1, 0.15) is 0 Å². The van der Waals surface area contributed by atoms with Gasteiger partial charge in [0.1, 0.15) is 0 Å². The zero-order valence-electron chi connectivity index (χ0n) is 20.7. The number of hydrogen-bond donors (Lipinski definition) is 2. The highest BCUT2D eigenvalue weighted by Gasteiger charge is 2.14. The van der Waals surface area contributed by atoms with E-state index >= 15 is 0 Å². The Morgan fingerprint density at radius 1 is 0.316 bits per heavy atom. The second-order valence-corrected chi connectivity index (χ2v) is 9.99. The Kier molecular flexibility index (Phi) is 4.55. The molecule has 0 bridgehead atoms. The van der Waals surface area contributed by atoms with Crippen LogP contribution in [0.2, 0.25) is 0 Å². The summed E-state index contributed by atoms with van der Waals surface area (Å²) in [5.41, 5.74) is 12.0. The summed E-state index contributed by atoms with van der Waals surface area (Å²) >= 11 is 0. The third-order valence-corrected chi connectivity index (χ3v) is 7.75. The SMILES string of the molecule is c1ccc(-c2ccc3[nH]c4ccc(-c5cccc6[nH]c7ccc(-c8ccccc8)cc7c56)cc4c3c2)cc1. The molecule has 2 aromatic heterocycles. The first-order chi connectivity index (χ1) is 18.8. The highest BCUT2D eigenvalue weighted by atomic mass is 14.7. The van der Waals surface area contributed by atoms with Crippen molar-refractivity contribution >= 4 is 43.6 Å². The van der Waals surface area contributed by atoms with Crippen LogP contribution in [0.3, 0.4) is 0 Å². The summed E-state index contributed by atoms with van der Waals surface area (Å²) in [4.78, 5) is 7.26. The van der Waals surface area contributed by atoms with E-state index in [9.17, 15) is 0 Å². The van der Waals surface area contributed by atoms with Gasteiger partial charge in [-0.3, -0.25) is 0 Å². The van der Waals surface area contributed by atoms with Crippen LogP contribution in [-0.2, 0) is 0 Å². The molecule has 0 saturated heterocycles. The summed E-state index contributed by atoms with van der Waals surface area (Å²) in [5.74, 6) is 0. The van der Waals surface area contributed by atoms with Gasteiger partial charge in [0.15, 0.2) is 0 Å². The van der Waals surface area contributed by atoms with Crippen molar-refractivity contribution in [3.05, 3.63) is 133 Å². The zero-order chi connectivity index (χ0) is 25.1. The molecular formula is C36H24N2. The maximum Gasteiger partial charge on any atom is 0.0471 e. The fourth-order valence-electron chi connectivity index (χ4n) is 5.88. The van der Waals surface area contributed by atoms with Crippen LogP contribution in [0.25, 0.3) is 77.0 Å². The summed E-state index contributed by atoms with van der Waals surface area (Å²) in [6.45, 7) is 0. The molecule has 0 amide bonds. The molecule has 0 radical (unpaired) electrons. The highest BCUT2D eigenvalue weighted by Crippen LogP contribution is 2.39. The van der Waals surface area contributed by atoms with Crippen LogP contribution in [-0.4, -0.2) is 9.97 Å². The minimum atomic E-state index is 1.16. The molecule has 178 valence electrons. The fourth-order valence-corrected chi connectivity index (χ4v) is 5.88. The van der Waals surface area contributed by atoms with Gasteiger partial charge in [-0.2, -0.15) is 0 Å². The Balaban J connectivity index is 1.34. The van der Waals surface area contributed by atoms with Gasteiger partial charge in [0.2, 0.25) is 0 Å². The molecule has 38 heavy (non-hydrogen) atoms. The molecule has 0 aliphatic carbocycles. The quantitative estimate of drug-likeness (QED) is 0.250.